The van der Waals surface area contributed by atoms with E-state index in [1.807, 2.05) is 37.4 Å². The van der Waals surface area contributed by atoms with Crippen LogP contribution in [0.2, 0.25) is 0 Å². The van der Waals surface area contributed by atoms with Crippen LogP contribution in [0.5, 0.6) is 0 Å². The molecular weight excluding hydrogens is 1460 g/mol. The fourth-order valence-electron chi connectivity index (χ4n) is 19.0. The Morgan fingerprint density at radius 2 is 0.546 bits per heavy atom. The molecule has 3 aromatic heterocycles. The second-order valence-electron chi connectivity index (χ2n) is 33.4. The topological polar surface area (TPSA) is 11.6 Å². The van der Waals surface area contributed by atoms with E-state index in [9.17, 15) is 13.2 Å². The number of hydrogen-bond donors (Lipinski definition) is 0. The van der Waals surface area contributed by atoms with Crippen LogP contribution in [-0.2, 0) is 27.6 Å². The Kier molecular flexibility index (Phi) is 19.1. The van der Waals surface area contributed by atoms with Gasteiger partial charge in [-0.25, -0.2) is 9.13 Å². The number of halogens is 3. The van der Waals surface area contributed by atoms with Crippen molar-refractivity contribution in [1.82, 2.24) is 0 Å². The lowest BCUT2D eigenvalue weighted by molar-refractivity contribution is -0.659. The average molecular weight is 1550 g/mol. The summed E-state index contributed by atoms with van der Waals surface area (Å²) in [6.45, 7) is 13.7. The Balaban J connectivity index is 0.000000119. The summed E-state index contributed by atoms with van der Waals surface area (Å²) in [5.74, 6) is 0.504. The molecule has 3 aliphatic rings. The first-order chi connectivity index (χ1) is 57.8. The van der Waals surface area contributed by atoms with E-state index in [0.717, 1.165) is 55.5 Å². The third kappa shape index (κ3) is 13.1. The van der Waals surface area contributed by atoms with Gasteiger partial charge in [0, 0.05) is 35.2 Å². The first kappa shape index (κ1) is 75.4. The zero-order valence-electron chi connectivity index (χ0n) is 68.7. The largest absolute Gasteiger partial charge is 0.394 e. The van der Waals surface area contributed by atoms with Crippen molar-refractivity contribution in [2.24, 2.45) is 26.6 Å². The monoisotopic (exact) mass is 1550 g/mol. The van der Waals surface area contributed by atoms with Gasteiger partial charge in [0.1, 0.15) is 21.1 Å². The highest BCUT2D eigenvalue weighted by molar-refractivity contribution is 6.09. The summed E-state index contributed by atoms with van der Waals surface area (Å²) in [6.07, 6.45) is -0.0508. The van der Waals surface area contributed by atoms with Crippen LogP contribution in [0.15, 0.2) is 352 Å². The molecule has 6 heteroatoms. The molecule has 15 aromatic carbocycles. The molecule has 0 fully saturated rings. The van der Waals surface area contributed by atoms with Crippen molar-refractivity contribution in [3.63, 3.8) is 0 Å². The van der Waals surface area contributed by atoms with E-state index in [-0.39, 0.29) is 6.42 Å². The number of fused-ring (bicyclic) bond motifs is 27. The van der Waals surface area contributed by atoms with Gasteiger partial charge in [0.05, 0.1) is 27.3 Å². The van der Waals surface area contributed by atoms with Crippen molar-refractivity contribution in [1.29, 1.82) is 0 Å². The van der Waals surface area contributed by atoms with E-state index in [0.29, 0.717) is 11.5 Å². The number of aryl methyl sites for hydroxylation is 6. The number of aromatic nitrogens is 3. The van der Waals surface area contributed by atoms with E-state index in [2.05, 4.69) is 384 Å². The number of nitrogens with zero attached hydrogens (tertiary/aromatic N) is 3. The number of benzene rings is 15. The van der Waals surface area contributed by atoms with Crippen molar-refractivity contribution in [2.75, 3.05) is 0 Å². The smallest absolute Gasteiger partial charge is 0.200 e. The molecule has 0 N–H and O–H groups in total. The predicted octanol–water partition coefficient (Wildman–Crippen LogP) is 29.1. The molecule has 18 aromatic rings. The average Bonchev–Trinajstić information content (AvgIpc) is 0.744. The number of alkyl halides is 3. The third-order valence-electron chi connectivity index (χ3n) is 25.3. The third-order valence-corrected chi connectivity index (χ3v) is 25.3. The SMILES string of the molecule is Cc1cc2c(cc1-c1c3ccc(C(C)C)cc3cc[n+]1C)-c1ccccc1-c1ccccc1-c1ccccc1-2.Cc1cc2c(cc1-c1c3ccccc3cc[n+]1C)-c1ccccc1-c1ccccc1-c1ccccc1-2.Cc1cc2c(cc1-c1cc(CC(C)(C)C(F)(F)F)c3ccccc3[n+]1C)-c1ccccc1-c1ccccc1-c1ccccc1-2. The molecule has 0 unspecified atom stereocenters. The molecule has 0 saturated carbocycles. The molecule has 119 heavy (non-hydrogen) atoms. The zero-order valence-corrected chi connectivity index (χ0v) is 68.7. The molecule has 576 valence electrons. The highest BCUT2D eigenvalue weighted by Crippen LogP contribution is 2.54. The molecule has 3 nitrogen and oxygen atoms in total. The molecule has 21 rings (SSSR count). The van der Waals surface area contributed by atoms with Gasteiger partial charge in [0.2, 0.25) is 22.6 Å². The van der Waals surface area contributed by atoms with Crippen LogP contribution in [0.4, 0.5) is 13.2 Å². The lowest BCUT2D eigenvalue weighted by atomic mass is 9.79. The highest BCUT2D eigenvalue weighted by Gasteiger charge is 2.48. The lowest BCUT2D eigenvalue weighted by Crippen LogP contribution is -2.36. The van der Waals surface area contributed by atoms with Crippen molar-refractivity contribution in [3.8, 4) is 167 Å². The van der Waals surface area contributed by atoms with E-state index >= 15 is 0 Å². The Bertz CT molecular complexity index is 7150. The van der Waals surface area contributed by atoms with Crippen LogP contribution < -0.4 is 13.7 Å². The van der Waals surface area contributed by atoms with Gasteiger partial charge in [0.25, 0.3) is 0 Å². The fourth-order valence-corrected chi connectivity index (χ4v) is 19.0. The Hall–Kier alpha value is -13.7. The van der Waals surface area contributed by atoms with Crippen molar-refractivity contribution in [3.05, 3.63) is 380 Å². The predicted molar refractivity (Wildman–Crippen MR) is 489 cm³/mol. The van der Waals surface area contributed by atoms with Crippen molar-refractivity contribution >= 4 is 32.4 Å². The molecule has 0 bridgehead atoms. The van der Waals surface area contributed by atoms with E-state index < -0.39 is 11.6 Å². The summed E-state index contributed by atoms with van der Waals surface area (Å²) >= 11 is 0. The van der Waals surface area contributed by atoms with Crippen LogP contribution >= 0.6 is 0 Å². The van der Waals surface area contributed by atoms with Gasteiger partial charge in [-0.15, -0.1) is 0 Å². The summed E-state index contributed by atoms with van der Waals surface area (Å²) in [4.78, 5) is 0. The Morgan fingerprint density at radius 1 is 0.269 bits per heavy atom. The minimum Gasteiger partial charge on any atom is -0.200 e. The first-order valence-corrected chi connectivity index (χ1v) is 41.3. The second-order valence-corrected chi connectivity index (χ2v) is 33.4. The van der Waals surface area contributed by atoms with Crippen LogP contribution in [0, 0.1) is 26.2 Å². The summed E-state index contributed by atoms with van der Waals surface area (Å²) < 4.78 is 49.0. The molecule has 0 atom stereocenters. The molecular formula is C113H91F3N3+3. The summed E-state index contributed by atoms with van der Waals surface area (Å²) in [6, 6.07) is 123. The maximum atomic E-state index is 14.1. The maximum Gasteiger partial charge on any atom is 0.394 e. The minimum atomic E-state index is -4.32. The van der Waals surface area contributed by atoms with Crippen LogP contribution in [0.1, 0.15) is 61.4 Å². The van der Waals surface area contributed by atoms with Gasteiger partial charge >= 0.3 is 6.18 Å². The van der Waals surface area contributed by atoms with Crippen LogP contribution in [0.25, 0.3) is 200 Å². The van der Waals surface area contributed by atoms with Crippen molar-refractivity contribution in [2.45, 2.75) is 67.0 Å². The standard InChI is InChI=1S/C40H33F3N.C38H32N.C35H26N/c1-25-21-35-32-18-9-7-16-30(32)28-14-5-6-15-29(28)31-17-8-10-19-33(31)36(35)23-34(25)38-22-26(24-39(2,3)40(41,42)43)27-13-11-12-20-37(27)44(38)4;1-24(2)26-17-18-28-27(22-26)19-20-39(4)38(28)35-23-37-34-16-10-8-14-32(34)30-12-6-5-11-29(30)31-13-7-9-15-33(31)36(37)21-25(35)3;1-23-21-33-30-17-9-7-15-28(30)26-13-5-6-14-27(26)29-16-8-10-18-31(29)34(33)22-32(23)35-25-12-4-3-11-24(25)19-20-36(35)2/h5-23H,24H2,1-4H3;5-24H,1-4H3;3-22H,1-2H3/q3*+1. The molecule has 0 spiro atoms. The summed E-state index contributed by atoms with van der Waals surface area (Å²) in [7, 11) is 6.32. The van der Waals surface area contributed by atoms with Gasteiger partial charge in [0.15, 0.2) is 12.4 Å². The van der Waals surface area contributed by atoms with Gasteiger partial charge in [-0.1, -0.05) is 289 Å². The fraction of sp³-hybridized carbons (Fsp3) is 0.124. The van der Waals surface area contributed by atoms with Crippen LogP contribution in [-0.4, -0.2) is 6.18 Å². The van der Waals surface area contributed by atoms with Crippen molar-refractivity contribution < 1.29 is 26.9 Å². The van der Waals surface area contributed by atoms with Crippen LogP contribution in [0.3, 0.4) is 0 Å². The van der Waals surface area contributed by atoms with Gasteiger partial charge in [-0.05, 0) is 260 Å². The summed E-state index contributed by atoms with van der Waals surface area (Å²) in [5, 5.41) is 5.96. The highest BCUT2D eigenvalue weighted by atomic mass is 19.4. The van der Waals surface area contributed by atoms with E-state index in [1.54, 1.807) is 0 Å². The molecule has 0 saturated heterocycles. The zero-order chi connectivity index (χ0) is 81.7. The number of pyridine rings is 3. The van der Waals surface area contributed by atoms with Gasteiger partial charge in [-0.2, -0.15) is 17.7 Å². The Morgan fingerprint density at radius 3 is 0.891 bits per heavy atom. The lowest BCUT2D eigenvalue weighted by Gasteiger charge is -2.28. The first-order valence-electron chi connectivity index (χ1n) is 41.3. The normalized spacial score (nSPS) is 12.0. The summed E-state index contributed by atoms with van der Waals surface area (Å²) in [5.41, 5.74) is 41.5. The Labute approximate surface area is 695 Å². The quantitative estimate of drug-likeness (QED) is 0.147. The van der Waals surface area contributed by atoms with Gasteiger partial charge in [-0.3, -0.25) is 0 Å². The molecule has 0 radical (unpaired) electrons. The molecule has 0 aliphatic heterocycles. The number of para-hydroxylation sites is 1. The van der Waals surface area contributed by atoms with Gasteiger partial charge < -0.3 is 0 Å². The maximum absolute atomic E-state index is 14.1. The molecule has 3 heterocycles. The van der Waals surface area contributed by atoms with E-state index in [4.69, 9.17) is 0 Å². The minimum absolute atomic E-state index is 0.109. The molecule has 3 aliphatic carbocycles. The van der Waals surface area contributed by atoms with E-state index in [1.165, 1.54) is 180 Å². The number of hydrogen-bond acceptors (Lipinski definition) is 0. The molecule has 0 amide bonds. The number of rotatable bonds is 6. The second kappa shape index (κ2) is 30.1.